The first-order chi connectivity index (χ1) is 14.4. The number of benzene rings is 1. The second kappa shape index (κ2) is 8.01. The molecular weight excluding hydrogens is 399 g/mol. The van der Waals surface area contributed by atoms with Crippen molar-refractivity contribution in [2.45, 2.75) is 25.6 Å². The molecule has 0 spiro atoms. The molecule has 1 amide bonds. The number of hydrogen-bond acceptors (Lipinski definition) is 6. The molecule has 0 saturated carbocycles. The highest BCUT2D eigenvalue weighted by Gasteiger charge is 2.35. The van der Waals surface area contributed by atoms with Gasteiger partial charge < -0.3 is 20.5 Å². The lowest BCUT2D eigenvalue weighted by Crippen LogP contribution is -2.15. The van der Waals surface area contributed by atoms with Gasteiger partial charge in [0.15, 0.2) is 0 Å². The van der Waals surface area contributed by atoms with Crippen molar-refractivity contribution in [1.29, 1.82) is 0 Å². The van der Waals surface area contributed by atoms with Gasteiger partial charge in [0, 0.05) is 43.1 Å². The third kappa shape index (κ3) is 4.50. The lowest BCUT2D eigenvalue weighted by molar-refractivity contribution is -0.137. The van der Waals surface area contributed by atoms with Gasteiger partial charge in [0.05, 0.1) is 12.7 Å². The quantitative estimate of drug-likeness (QED) is 0.510. The minimum Gasteiger partial charge on any atom is -0.369 e. The molecule has 0 unspecified atom stereocenters. The Hall–Kier alpha value is -3.63. The van der Waals surface area contributed by atoms with Gasteiger partial charge in [-0.3, -0.25) is 4.79 Å². The topological polar surface area (TPSA) is 96.8 Å². The first-order valence-corrected chi connectivity index (χ1v) is 9.22. The maximum atomic E-state index is 13.3. The van der Waals surface area contributed by atoms with E-state index in [1.807, 2.05) is 4.57 Å². The summed E-state index contributed by atoms with van der Waals surface area (Å²) in [6.07, 6.45) is 2.09. The number of amides is 1. The summed E-state index contributed by atoms with van der Waals surface area (Å²) in [5, 5.41) is 8.38. The van der Waals surface area contributed by atoms with E-state index in [2.05, 4.69) is 30.9 Å². The van der Waals surface area contributed by atoms with Crippen LogP contribution < -0.4 is 16.0 Å². The number of fused-ring (bicyclic) bond motifs is 1. The van der Waals surface area contributed by atoms with Crippen LogP contribution in [-0.2, 0) is 23.9 Å². The molecule has 156 valence electrons. The standard InChI is InChI=1S/C19H18F3N7O/c20-19(21,22)14-10-25-18(26-13-2-3-15-12(8-13)9-16(30)27-15)28-17(14)24-4-1-6-29-7-5-23-11-29/h2-3,5,7-8,10-11H,1,4,6,9H2,(H,27,30)(H2,24,25,26,28). The molecule has 1 aliphatic rings. The summed E-state index contributed by atoms with van der Waals surface area (Å²) in [6.45, 7) is 0.913. The van der Waals surface area contributed by atoms with Crippen molar-refractivity contribution in [3.05, 3.63) is 54.2 Å². The highest BCUT2D eigenvalue weighted by atomic mass is 19.4. The first-order valence-electron chi connectivity index (χ1n) is 9.22. The molecule has 0 aliphatic carbocycles. The molecule has 0 atom stereocenters. The monoisotopic (exact) mass is 417 g/mol. The fourth-order valence-corrected chi connectivity index (χ4v) is 3.11. The van der Waals surface area contributed by atoms with Crippen molar-refractivity contribution in [3.63, 3.8) is 0 Å². The second-order valence-electron chi connectivity index (χ2n) is 6.76. The van der Waals surface area contributed by atoms with Gasteiger partial charge >= 0.3 is 6.18 Å². The average molecular weight is 417 g/mol. The van der Waals surface area contributed by atoms with Crippen LogP contribution in [0.4, 0.5) is 36.3 Å². The molecule has 2 aromatic heterocycles. The Morgan fingerprint density at radius 2 is 2.13 bits per heavy atom. The van der Waals surface area contributed by atoms with Crippen LogP contribution in [0.15, 0.2) is 43.1 Å². The maximum absolute atomic E-state index is 13.3. The predicted octanol–water partition coefficient (Wildman–Crippen LogP) is 3.43. The van der Waals surface area contributed by atoms with E-state index in [0.717, 1.165) is 17.4 Å². The van der Waals surface area contributed by atoms with Crippen LogP contribution in [0, 0.1) is 0 Å². The van der Waals surface area contributed by atoms with E-state index in [1.165, 1.54) is 0 Å². The summed E-state index contributed by atoms with van der Waals surface area (Å²) in [5.41, 5.74) is 1.17. The molecule has 30 heavy (non-hydrogen) atoms. The third-order valence-electron chi connectivity index (χ3n) is 4.53. The van der Waals surface area contributed by atoms with E-state index in [1.54, 1.807) is 36.9 Å². The Morgan fingerprint density at radius 3 is 2.90 bits per heavy atom. The van der Waals surface area contributed by atoms with Crippen molar-refractivity contribution in [2.75, 3.05) is 22.5 Å². The summed E-state index contributed by atoms with van der Waals surface area (Å²) in [5.74, 6) is -0.365. The number of anilines is 4. The van der Waals surface area contributed by atoms with E-state index in [0.29, 0.717) is 25.2 Å². The fourth-order valence-electron chi connectivity index (χ4n) is 3.11. The number of nitrogens with zero attached hydrogens (tertiary/aromatic N) is 4. The zero-order valence-electron chi connectivity index (χ0n) is 15.7. The Morgan fingerprint density at radius 1 is 1.27 bits per heavy atom. The number of alkyl halides is 3. The van der Waals surface area contributed by atoms with Crippen LogP contribution in [0.3, 0.4) is 0 Å². The summed E-state index contributed by atoms with van der Waals surface area (Å²) < 4.78 is 41.8. The lowest BCUT2D eigenvalue weighted by Gasteiger charge is -2.15. The zero-order chi connectivity index (χ0) is 21.1. The van der Waals surface area contributed by atoms with Gasteiger partial charge in [-0.25, -0.2) is 9.97 Å². The number of rotatable bonds is 7. The van der Waals surface area contributed by atoms with Crippen molar-refractivity contribution in [1.82, 2.24) is 19.5 Å². The van der Waals surface area contributed by atoms with Crippen LogP contribution >= 0.6 is 0 Å². The number of carbonyl (C=O) groups excluding carboxylic acids is 1. The molecule has 0 radical (unpaired) electrons. The number of halogens is 3. The van der Waals surface area contributed by atoms with Crippen LogP contribution in [0.25, 0.3) is 0 Å². The molecular formula is C19H18F3N7O. The SMILES string of the molecule is O=C1Cc2cc(Nc3ncc(C(F)(F)F)c(NCCCn4ccnc4)n3)ccc2N1. The van der Waals surface area contributed by atoms with Gasteiger partial charge in [0.2, 0.25) is 11.9 Å². The fraction of sp³-hybridized carbons (Fsp3) is 0.263. The van der Waals surface area contributed by atoms with Crippen molar-refractivity contribution < 1.29 is 18.0 Å². The van der Waals surface area contributed by atoms with Gasteiger partial charge in [-0.05, 0) is 30.2 Å². The largest absolute Gasteiger partial charge is 0.421 e. The van der Waals surface area contributed by atoms with E-state index >= 15 is 0 Å². The van der Waals surface area contributed by atoms with Crippen molar-refractivity contribution >= 4 is 29.0 Å². The number of aromatic nitrogens is 4. The molecule has 8 nitrogen and oxygen atoms in total. The third-order valence-corrected chi connectivity index (χ3v) is 4.53. The summed E-state index contributed by atoms with van der Waals surface area (Å²) in [7, 11) is 0. The average Bonchev–Trinajstić information content (AvgIpc) is 3.32. The molecule has 0 bridgehead atoms. The highest BCUT2D eigenvalue weighted by Crippen LogP contribution is 2.34. The Balaban J connectivity index is 1.48. The Kier molecular flexibility index (Phi) is 5.25. The van der Waals surface area contributed by atoms with E-state index < -0.39 is 11.7 Å². The molecule has 3 heterocycles. The van der Waals surface area contributed by atoms with Crippen molar-refractivity contribution in [3.8, 4) is 0 Å². The zero-order valence-corrected chi connectivity index (χ0v) is 15.7. The van der Waals surface area contributed by atoms with E-state index in [9.17, 15) is 18.0 Å². The number of imidazole rings is 1. The van der Waals surface area contributed by atoms with Crippen LogP contribution in [0.1, 0.15) is 17.5 Å². The Bertz CT molecular complexity index is 1050. The van der Waals surface area contributed by atoms with E-state index in [4.69, 9.17) is 0 Å². The minimum atomic E-state index is -4.58. The van der Waals surface area contributed by atoms with Gasteiger partial charge in [0.25, 0.3) is 0 Å². The summed E-state index contributed by atoms with van der Waals surface area (Å²) in [6, 6.07) is 5.16. The number of aryl methyl sites for hydroxylation is 1. The molecule has 3 N–H and O–H groups in total. The second-order valence-corrected chi connectivity index (χ2v) is 6.76. The molecule has 4 rings (SSSR count). The molecule has 0 fully saturated rings. The van der Waals surface area contributed by atoms with Gasteiger partial charge in [0.1, 0.15) is 11.4 Å². The van der Waals surface area contributed by atoms with Gasteiger partial charge in [-0.1, -0.05) is 0 Å². The Labute approximate surface area is 169 Å². The molecule has 0 saturated heterocycles. The predicted molar refractivity (Wildman–Crippen MR) is 104 cm³/mol. The summed E-state index contributed by atoms with van der Waals surface area (Å²) in [4.78, 5) is 23.2. The number of hydrogen-bond donors (Lipinski definition) is 3. The number of carbonyl (C=O) groups is 1. The smallest absolute Gasteiger partial charge is 0.369 e. The minimum absolute atomic E-state index is 0.0253. The molecule has 3 aromatic rings. The molecule has 1 aliphatic heterocycles. The van der Waals surface area contributed by atoms with Crippen LogP contribution in [-0.4, -0.2) is 32.0 Å². The maximum Gasteiger partial charge on any atom is 0.421 e. The summed E-state index contributed by atoms with van der Waals surface area (Å²) >= 11 is 0. The van der Waals surface area contributed by atoms with Crippen LogP contribution in [0.5, 0.6) is 0 Å². The van der Waals surface area contributed by atoms with Gasteiger partial charge in [-0.2, -0.15) is 18.2 Å². The van der Waals surface area contributed by atoms with Crippen molar-refractivity contribution in [2.24, 2.45) is 0 Å². The molecule has 11 heteroatoms. The number of nitrogens with one attached hydrogen (secondary N) is 3. The van der Waals surface area contributed by atoms with E-state index in [-0.39, 0.29) is 24.1 Å². The van der Waals surface area contributed by atoms with Crippen LogP contribution in [0.2, 0.25) is 0 Å². The molecule has 1 aromatic carbocycles. The van der Waals surface area contributed by atoms with Gasteiger partial charge in [-0.15, -0.1) is 0 Å². The normalized spacial score (nSPS) is 13.1. The first kappa shape index (κ1) is 19.7. The highest BCUT2D eigenvalue weighted by molar-refractivity contribution is 5.99. The lowest BCUT2D eigenvalue weighted by atomic mass is 10.1.